The highest BCUT2D eigenvalue weighted by atomic mass is 19.1. The molecule has 132 valence electrons. The van der Waals surface area contributed by atoms with Gasteiger partial charge in [0.2, 0.25) is 0 Å². The summed E-state index contributed by atoms with van der Waals surface area (Å²) in [5, 5.41) is 6.83. The van der Waals surface area contributed by atoms with Gasteiger partial charge in [-0.3, -0.25) is 9.91 Å². The SMILES string of the molecule is CC(=NN1CCN(Cc2ccc(C)cc2C)CC1)c1ccc(F)cc1. The van der Waals surface area contributed by atoms with Crippen molar-refractivity contribution in [3.8, 4) is 0 Å². The quantitative estimate of drug-likeness (QED) is 0.785. The van der Waals surface area contributed by atoms with E-state index in [0.29, 0.717) is 0 Å². The fraction of sp³-hybridized carbons (Fsp3) is 0.381. The fourth-order valence-electron chi connectivity index (χ4n) is 3.22. The van der Waals surface area contributed by atoms with Crippen LogP contribution in [0.25, 0.3) is 0 Å². The lowest BCUT2D eigenvalue weighted by atomic mass is 10.1. The van der Waals surface area contributed by atoms with Crippen LogP contribution in [0.2, 0.25) is 0 Å². The molecule has 0 atom stereocenters. The largest absolute Gasteiger partial charge is 0.295 e. The minimum Gasteiger partial charge on any atom is -0.295 e. The molecule has 1 heterocycles. The van der Waals surface area contributed by atoms with Crippen molar-refractivity contribution in [2.45, 2.75) is 27.3 Å². The molecule has 1 aliphatic rings. The highest BCUT2D eigenvalue weighted by molar-refractivity contribution is 5.98. The van der Waals surface area contributed by atoms with Crippen molar-refractivity contribution in [1.82, 2.24) is 9.91 Å². The van der Waals surface area contributed by atoms with Crippen molar-refractivity contribution in [2.24, 2.45) is 5.10 Å². The predicted octanol–water partition coefficient (Wildman–Crippen LogP) is 3.98. The zero-order valence-electron chi connectivity index (χ0n) is 15.3. The van der Waals surface area contributed by atoms with Crippen molar-refractivity contribution in [2.75, 3.05) is 26.2 Å². The summed E-state index contributed by atoms with van der Waals surface area (Å²) in [6, 6.07) is 13.2. The Hall–Kier alpha value is -2.20. The van der Waals surface area contributed by atoms with Gasteiger partial charge in [0.1, 0.15) is 5.82 Å². The molecule has 0 radical (unpaired) electrons. The zero-order valence-corrected chi connectivity index (χ0v) is 15.3. The predicted molar refractivity (Wildman–Crippen MR) is 101 cm³/mol. The molecule has 0 aromatic heterocycles. The second-order valence-electron chi connectivity index (χ2n) is 6.85. The zero-order chi connectivity index (χ0) is 17.8. The van der Waals surface area contributed by atoms with E-state index in [4.69, 9.17) is 5.10 Å². The standard InChI is InChI=1S/C21H26FN3/c1-16-4-5-20(17(2)14-16)15-24-10-12-25(13-11-24)23-18(3)19-6-8-21(22)9-7-19/h4-9,14H,10-13,15H2,1-3H3. The first-order valence-electron chi connectivity index (χ1n) is 8.86. The van der Waals surface area contributed by atoms with Gasteiger partial charge < -0.3 is 0 Å². The minimum atomic E-state index is -0.212. The van der Waals surface area contributed by atoms with E-state index >= 15 is 0 Å². The van der Waals surface area contributed by atoms with Crippen LogP contribution in [-0.2, 0) is 6.54 Å². The molecule has 25 heavy (non-hydrogen) atoms. The number of aryl methyl sites for hydroxylation is 2. The van der Waals surface area contributed by atoms with Gasteiger partial charge in [-0.25, -0.2) is 4.39 Å². The van der Waals surface area contributed by atoms with E-state index in [1.165, 1.54) is 28.8 Å². The van der Waals surface area contributed by atoms with E-state index in [1.54, 1.807) is 12.1 Å². The third-order valence-corrected chi connectivity index (χ3v) is 4.79. The molecule has 3 rings (SSSR count). The Bertz CT molecular complexity index is 744. The van der Waals surface area contributed by atoms with E-state index in [-0.39, 0.29) is 5.82 Å². The Labute approximate surface area is 149 Å². The summed E-state index contributed by atoms with van der Waals surface area (Å²) in [5.74, 6) is -0.212. The number of rotatable bonds is 4. The van der Waals surface area contributed by atoms with Crippen LogP contribution in [0.5, 0.6) is 0 Å². The van der Waals surface area contributed by atoms with Crippen LogP contribution < -0.4 is 0 Å². The molecule has 0 N–H and O–H groups in total. The highest BCUT2D eigenvalue weighted by Crippen LogP contribution is 2.15. The van der Waals surface area contributed by atoms with Gasteiger partial charge in [-0.2, -0.15) is 5.10 Å². The molecule has 1 fully saturated rings. The Morgan fingerprint density at radius 1 is 1.00 bits per heavy atom. The molecule has 2 aromatic carbocycles. The van der Waals surface area contributed by atoms with Crippen LogP contribution in [0, 0.1) is 19.7 Å². The summed E-state index contributed by atoms with van der Waals surface area (Å²) < 4.78 is 13.0. The molecule has 0 saturated carbocycles. The lowest BCUT2D eigenvalue weighted by Gasteiger charge is -2.33. The number of piperazine rings is 1. The summed E-state index contributed by atoms with van der Waals surface area (Å²) >= 11 is 0. The minimum absolute atomic E-state index is 0.212. The van der Waals surface area contributed by atoms with E-state index < -0.39 is 0 Å². The van der Waals surface area contributed by atoms with Gasteiger partial charge in [0.25, 0.3) is 0 Å². The lowest BCUT2D eigenvalue weighted by Crippen LogP contribution is -2.43. The summed E-state index contributed by atoms with van der Waals surface area (Å²) in [7, 11) is 0. The highest BCUT2D eigenvalue weighted by Gasteiger charge is 2.16. The summed E-state index contributed by atoms with van der Waals surface area (Å²) in [6.07, 6.45) is 0. The molecule has 0 spiro atoms. The summed E-state index contributed by atoms with van der Waals surface area (Å²) in [5.41, 5.74) is 6.00. The molecule has 0 aliphatic carbocycles. The Morgan fingerprint density at radius 3 is 2.32 bits per heavy atom. The van der Waals surface area contributed by atoms with Gasteiger partial charge in [-0.05, 0) is 49.6 Å². The van der Waals surface area contributed by atoms with Gasteiger partial charge in [0.05, 0.1) is 5.71 Å². The van der Waals surface area contributed by atoms with Gasteiger partial charge in [-0.15, -0.1) is 0 Å². The first-order chi connectivity index (χ1) is 12.0. The fourth-order valence-corrected chi connectivity index (χ4v) is 3.22. The average Bonchev–Trinajstić information content (AvgIpc) is 2.59. The number of benzene rings is 2. The maximum Gasteiger partial charge on any atom is 0.123 e. The van der Waals surface area contributed by atoms with Gasteiger partial charge in [0.15, 0.2) is 0 Å². The van der Waals surface area contributed by atoms with Crippen molar-refractivity contribution in [1.29, 1.82) is 0 Å². The van der Waals surface area contributed by atoms with Crippen LogP contribution in [0.15, 0.2) is 47.6 Å². The monoisotopic (exact) mass is 339 g/mol. The lowest BCUT2D eigenvalue weighted by molar-refractivity contribution is 0.130. The summed E-state index contributed by atoms with van der Waals surface area (Å²) in [6.45, 7) is 11.2. The third-order valence-electron chi connectivity index (χ3n) is 4.79. The normalized spacial score (nSPS) is 16.3. The van der Waals surface area contributed by atoms with Crippen LogP contribution in [0.1, 0.15) is 29.2 Å². The summed E-state index contributed by atoms with van der Waals surface area (Å²) in [4.78, 5) is 2.48. The Balaban J connectivity index is 1.56. The molecule has 0 bridgehead atoms. The smallest absolute Gasteiger partial charge is 0.123 e. The number of hydrazone groups is 1. The van der Waals surface area contributed by atoms with E-state index in [0.717, 1.165) is 44.0 Å². The molecule has 0 amide bonds. The molecular weight excluding hydrogens is 313 g/mol. The van der Waals surface area contributed by atoms with Gasteiger partial charge >= 0.3 is 0 Å². The maximum atomic E-state index is 13.0. The molecule has 3 nitrogen and oxygen atoms in total. The third kappa shape index (κ3) is 4.67. The van der Waals surface area contributed by atoms with E-state index in [2.05, 4.69) is 42.0 Å². The number of halogens is 1. The van der Waals surface area contributed by atoms with Gasteiger partial charge in [0, 0.05) is 32.7 Å². The second kappa shape index (κ2) is 7.79. The van der Waals surface area contributed by atoms with Crippen molar-refractivity contribution < 1.29 is 4.39 Å². The molecule has 2 aromatic rings. The Kier molecular flexibility index (Phi) is 5.49. The second-order valence-corrected chi connectivity index (χ2v) is 6.85. The number of nitrogens with zero attached hydrogens (tertiary/aromatic N) is 3. The van der Waals surface area contributed by atoms with Crippen molar-refractivity contribution in [3.63, 3.8) is 0 Å². The molecule has 0 unspecified atom stereocenters. The first kappa shape index (κ1) is 17.6. The van der Waals surface area contributed by atoms with Crippen molar-refractivity contribution in [3.05, 3.63) is 70.5 Å². The van der Waals surface area contributed by atoms with Gasteiger partial charge in [-0.1, -0.05) is 35.9 Å². The Morgan fingerprint density at radius 2 is 1.68 bits per heavy atom. The van der Waals surface area contributed by atoms with Crippen LogP contribution in [0.3, 0.4) is 0 Å². The van der Waals surface area contributed by atoms with Crippen LogP contribution in [0.4, 0.5) is 4.39 Å². The first-order valence-corrected chi connectivity index (χ1v) is 8.86. The molecule has 1 saturated heterocycles. The average molecular weight is 339 g/mol. The van der Waals surface area contributed by atoms with Crippen LogP contribution >= 0.6 is 0 Å². The topological polar surface area (TPSA) is 18.8 Å². The molecular formula is C21H26FN3. The maximum absolute atomic E-state index is 13.0. The van der Waals surface area contributed by atoms with E-state index in [9.17, 15) is 4.39 Å². The van der Waals surface area contributed by atoms with Crippen LogP contribution in [-0.4, -0.2) is 41.8 Å². The number of hydrogen-bond donors (Lipinski definition) is 0. The van der Waals surface area contributed by atoms with E-state index in [1.807, 2.05) is 6.92 Å². The number of hydrogen-bond acceptors (Lipinski definition) is 3. The molecule has 1 aliphatic heterocycles. The van der Waals surface area contributed by atoms with Crippen molar-refractivity contribution >= 4 is 5.71 Å². The molecule has 4 heteroatoms.